The lowest BCUT2D eigenvalue weighted by molar-refractivity contribution is -0.924. The number of hydrogen-bond acceptors (Lipinski definition) is 5. The summed E-state index contributed by atoms with van der Waals surface area (Å²) >= 11 is 12.0. The summed E-state index contributed by atoms with van der Waals surface area (Å²) in [4.78, 5) is 26.0. The summed E-state index contributed by atoms with van der Waals surface area (Å²) in [6.07, 6.45) is 2.74. The Labute approximate surface area is 237 Å². The van der Waals surface area contributed by atoms with E-state index in [1.807, 2.05) is 29.7 Å². The molecule has 10 heteroatoms. The first-order valence-electron chi connectivity index (χ1n) is 13.1. The van der Waals surface area contributed by atoms with Crippen LogP contribution < -0.4 is 25.4 Å². The van der Waals surface area contributed by atoms with Crippen molar-refractivity contribution in [2.45, 2.75) is 32.4 Å². The second-order valence-electron chi connectivity index (χ2n) is 9.99. The van der Waals surface area contributed by atoms with Gasteiger partial charge in [0.15, 0.2) is 6.61 Å². The van der Waals surface area contributed by atoms with E-state index in [2.05, 4.69) is 22.7 Å². The predicted octanol–water partition coefficient (Wildman–Crippen LogP) is 3.29. The number of nitrogens with zero attached hydrogens (tertiary/aromatic N) is 2. The molecule has 1 fully saturated rings. The van der Waals surface area contributed by atoms with Crippen molar-refractivity contribution in [2.24, 2.45) is 11.0 Å². The Morgan fingerprint density at radius 2 is 1.97 bits per heavy atom. The van der Waals surface area contributed by atoms with Crippen LogP contribution in [0.1, 0.15) is 36.1 Å². The van der Waals surface area contributed by atoms with Gasteiger partial charge in [-0.2, -0.15) is 5.10 Å². The number of amides is 1. The van der Waals surface area contributed by atoms with Crippen LogP contribution in [-0.4, -0.2) is 43.0 Å². The molecule has 1 saturated heterocycles. The molecule has 204 valence electrons. The number of nitrogens with one attached hydrogen (secondary N) is 2. The number of carbonyl (C=O) groups is 1. The van der Waals surface area contributed by atoms with E-state index < -0.39 is 5.91 Å². The van der Waals surface area contributed by atoms with Gasteiger partial charge in [0.05, 0.1) is 30.9 Å². The van der Waals surface area contributed by atoms with E-state index in [1.165, 1.54) is 4.90 Å². The Kier molecular flexibility index (Phi) is 8.55. The summed E-state index contributed by atoms with van der Waals surface area (Å²) < 4.78 is 13.3. The molecular formula is C29H31Cl2N4O4+. The topological polar surface area (TPSA) is 86.4 Å². The summed E-state index contributed by atoms with van der Waals surface area (Å²) in [5.41, 5.74) is 5.68. The highest BCUT2D eigenvalue weighted by molar-refractivity contribution is 6.35. The van der Waals surface area contributed by atoms with Gasteiger partial charge in [-0.15, -0.1) is 0 Å². The lowest BCUT2D eigenvalue weighted by atomic mass is 9.83. The van der Waals surface area contributed by atoms with Gasteiger partial charge in [0, 0.05) is 40.7 Å². The first kappa shape index (κ1) is 27.2. The van der Waals surface area contributed by atoms with E-state index in [0.717, 1.165) is 55.2 Å². The van der Waals surface area contributed by atoms with Crippen LogP contribution >= 0.6 is 23.2 Å². The Morgan fingerprint density at radius 1 is 1.13 bits per heavy atom. The maximum Gasteiger partial charge on any atom is 0.277 e. The van der Waals surface area contributed by atoms with Gasteiger partial charge < -0.3 is 18.9 Å². The lowest BCUT2D eigenvalue weighted by Gasteiger charge is -2.40. The van der Waals surface area contributed by atoms with E-state index in [0.29, 0.717) is 34.2 Å². The number of quaternary nitrogens is 1. The third-order valence-electron chi connectivity index (χ3n) is 7.15. The molecule has 3 unspecified atom stereocenters. The summed E-state index contributed by atoms with van der Waals surface area (Å²) in [6, 6.07) is 16.3. The predicted molar refractivity (Wildman–Crippen MR) is 151 cm³/mol. The molecule has 8 nitrogen and oxygen atoms in total. The molecule has 1 amide bonds. The second-order valence-corrected chi connectivity index (χ2v) is 10.8. The lowest BCUT2D eigenvalue weighted by Crippen LogP contribution is -3.13. The molecule has 5 rings (SSSR count). The van der Waals surface area contributed by atoms with Crippen molar-refractivity contribution in [1.82, 2.24) is 9.99 Å². The monoisotopic (exact) mass is 569 g/mol. The molecule has 2 N–H and O–H groups in total. The Hall–Kier alpha value is -3.33. The highest BCUT2D eigenvalue weighted by Gasteiger charge is 2.37. The fraction of sp³-hybridized carbons (Fsp3) is 0.345. The first-order valence-corrected chi connectivity index (χ1v) is 13.8. The molecule has 0 spiro atoms. The van der Waals surface area contributed by atoms with Crippen molar-refractivity contribution in [3.8, 4) is 11.5 Å². The molecular weight excluding hydrogens is 539 g/mol. The van der Waals surface area contributed by atoms with Crippen molar-refractivity contribution in [3.05, 3.63) is 91.8 Å². The van der Waals surface area contributed by atoms with Crippen LogP contribution in [0.15, 0.2) is 64.5 Å². The van der Waals surface area contributed by atoms with Crippen LogP contribution in [0.5, 0.6) is 11.5 Å². The first-order chi connectivity index (χ1) is 18.9. The molecule has 2 aliphatic rings. The van der Waals surface area contributed by atoms with E-state index in [9.17, 15) is 9.59 Å². The minimum atomic E-state index is -0.410. The number of benzene rings is 2. The SMILES string of the molecule is CCOc1ccc(C=NNC(=O)COc2ccc(Cl)cc2Cl)cc1C[NH+]1CC2CC(C1)c1cccc(=O)n1C2. The highest BCUT2D eigenvalue weighted by Crippen LogP contribution is 2.31. The molecule has 0 radical (unpaired) electrons. The molecule has 3 heterocycles. The summed E-state index contributed by atoms with van der Waals surface area (Å²) in [7, 11) is 0. The Bertz CT molecular complexity index is 1440. The zero-order chi connectivity index (χ0) is 27.4. The number of piperidine rings is 1. The van der Waals surface area contributed by atoms with Gasteiger partial charge in [-0.3, -0.25) is 9.59 Å². The molecule has 39 heavy (non-hydrogen) atoms. The minimum Gasteiger partial charge on any atom is -0.493 e. The number of ether oxygens (including phenoxy) is 2. The second kappa shape index (κ2) is 12.2. The number of aromatic nitrogens is 1. The van der Waals surface area contributed by atoms with Crippen LogP contribution in [0.4, 0.5) is 0 Å². The van der Waals surface area contributed by atoms with Gasteiger partial charge in [0.25, 0.3) is 11.5 Å². The van der Waals surface area contributed by atoms with Gasteiger partial charge in [-0.1, -0.05) is 29.3 Å². The highest BCUT2D eigenvalue weighted by atomic mass is 35.5. The number of carbonyl (C=O) groups excluding carboxylic acids is 1. The van der Waals surface area contributed by atoms with Crippen LogP contribution in [0.25, 0.3) is 0 Å². The standard InChI is InChI=1S/C29H30Cl2N4O4/c1-2-38-26-8-6-19(13-32-33-28(36)18-39-27-9-7-23(30)12-24(27)31)10-22(26)17-34-14-20-11-21(16-34)25-4-3-5-29(37)35(25)15-20/h3-10,12-13,20-21H,2,11,14-18H2,1H3,(H,33,36)/p+1. The van der Waals surface area contributed by atoms with Gasteiger partial charge in [0.2, 0.25) is 0 Å². The number of halogens is 2. The van der Waals surface area contributed by atoms with Crippen molar-refractivity contribution >= 4 is 35.3 Å². The summed E-state index contributed by atoms with van der Waals surface area (Å²) in [6.45, 7) is 5.89. The minimum absolute atomic E-state index is 0.101. The van der Waals surface area contributed by atoms with Crippen LogP contribution in [0.3, 0.4) is 0 Å². The van der Waals surface area contributed by atoms with E-state index in [4.69, 9.17) is 32.7 Å². The molecule has 0 aliphatic carbocycles. The smallest absolute Gasteiger partial charge is 0.277 e. The molecule has 2 aliphatic heterocycles. The summed E-state index contributed by atoms with van der Waals surface area (Å²) in [5.74, 6) is 1.67. The van der Waals surface area contributed by atoms with Crippen LogP contribution in [0.2, 0.25) is 10.0 Å². The number of fused-ring (bicyclic) bond motifs is 4. The Balaban J connectivity index is 1.22. The molecule has 2 aromatic carbocycles. The van der Waals surface area contributed by atoms with Gasteiger partial charge in [-0.25, -0.2) is 5.43 Å². The van der Waals surface area contributed by atoms with Crippen molar-refractivity contribution in [2.75, 3.05) is 26.3 Å². The zero-order valence-corrected chi connectivity index (χ0v) is 23.2. The average Bonchev–Trinajstić information content (AvgIpc) is 2.90. The van der Waals surface area contributed by atoms with E-state index in [1.54, 1.807) is 30.5 Å². The molecule has 0 saturated carbocycles. The average molecular weight is 570 g/mol. The maximum absolute atomic E-state index is 12.4. The number of likely N-dealkylation sites (tertiary alicyclic amines) is 1. The third kappa shape index (κ3) is 6.64. The largest absolute Gasteiger partial charge is 0.493 e. The van der Waals surface area contributed by atoms with Crippen LogP contribution in [0, 0.1) is 5.92 Å². The normalized spacial score (nSPS) is 19.9. The van der Waals surface area contributed by atoms with Crippen molar-refractivity contribution < 1.29 is 19.2 Å². The van der Waals surface area contributed by atoms with Crippen molar-refractivity contribution in [1.29, 1.82) is 0 Å². The fourth-order valence-corrected chi connectivity index (χ4v) is 6.06. The van der Waals surface area contributed by atoms with Gasteiger partial charge in [0.1, 0.15) is 18.0 Å². The number of pyridine rings is 1. The zero-order valence-electron chi connectivity index (χ0n) is 21.7. The molecule has 1 aromatic heterocycles. The number of hydrogen-bond donors (Lipinski definition) is 2. The number of rotatable bonds is 9. The van der Waals surface area contributed by atoms with Crippen LogP contribution in [-0.2, 0) is 17.9 Å². The van der Waals surface area contributed by atoms with E-state index in [-0.39, 0.29) is 12.2 Å². The maximum atomic E-state index is 12.4. The molecule has 3 atom stereocenters. The van der Waals surface area contributed by atoms with Gasteiger partial charge >= 0.3 is 0 Å². The number of hydrazone groups is 1. The third-order valence-corrected chi connectivity index (χ3v) is 7.68. The van der Waals surface area contributed by atoms with Crippen molar-refractivity contribution in [3.63, 3.8) is 0 Å². The Morgan fingerprint density at radius 3 is 2.79 bits per heavy atom. The van der Waals surface area contributed by atoms with E-state index >= 15 is 0 Å². The molecule has 2 bridgehead atoms. The fourth-order valence-electron chi connectivity index (χ4n) is 5.59. The molecule has 3 aromatic rings. The quantitative estimate of drug-likeness (QED) is 0.306. The van der Waals surface area contributed by atoms with Gasteiger partial charge in [-0.05, 0) is 61.4 Å². The summed E-state index contributed by atoms with van der Waals surface area (Å²) in [5, 5.41) is 4.92.